The lowest BCUT2D eigenvalue weighted by molar-refractivity contribution is 0.621. The summed E-state index contributed by atoms with van der Waals surface area (Å²) in [5.74, 6) is -0.0365. The van der Waals surface area contributed by atoms with E-state index in [2.05, 4.69) is 45.6 Å². The van der Waals surface area contributed by atoms with Gasteiger partial charge in [-0.1, -0.05) is 67.8 Å². The summed E-state index contributed by atoms with van der Waals surface area (Å²) in [4.78, 5) is 13.4. The molecule has 0 saturated heterocycles. The number of allylic oxidation sites excluding steroid dienone is 3. The quantitative estimate of drug-likeness (QED) is 0.123. The Morgan fingerprint density at radius 2 is 1.95 bits per heavy atom. The van der Waals surface area contributed by atoms with Crippen molar-refractivity contribution in [3.8, 4) is 10.4 Å². The van der Waals surface area contributed by atoms with Crippen LogP contribution in [0.3, 0.4) is 0 Å². The van der Waals surface area contributed by atoms with Gasteiger partial charge in [-0.3, -0.25) is 0 Å². The molecule has 2 aromatic carbocycles. The third kappa shape index (κ3) is 5.57. The molecule has 5 nitrogen and oxygen atoms in total. The fourth-order valence-electron chi connectivity index (χ4n) is 4.58. The number of benzene rings is 2. The molecule has 4 N–H and O–H groups in total. The molecule has 0 fully saturated rings. The molecule has 200 valence electrons. The number of thiophene rings is 1. The van der Waals surface area contributed by atoms with Crippen LogP contribution in [0, 0.1) is 5.82 Å². The Bertz CT molecular complexity index is 1730. The number of hydrogen-bond acceptors (Lipinski definition) is 5. The number of aromatic nitrogens is 3. The van der Waals surface area contributed by atoms with Crippen molar-refractivity contribution in [1.82, 2.24) is 20.3 Å². The monoisotopic (exact) mass is 547 g/mol. The number of imidazole rings is 1. The Labute approximate surface area is 237 Å². The van der Waals surface area contributed by atoms with Gasteiger partial charge in [0.1, 0.15) is 11.6 Å². The molecule has 5 aromatic rings. The van der Waals surface area contributed by atoms with E-state index in [0.717, 1.165) is 28.1 Å². The Morgan fingerprint density at radius 1 is 1.12 bits per heavy atom. The third-order valence-electron chi connectivity index (χ3n) is 6.67. The van der Waals surface area contributed by atoms with Gasteiger partial charge in [0.05, 0.1) is 5.52 Å². The second-order valence-corrected chi connectivity index (χ2v) is 10.2. The first-order valence-corrected chi connectivity index (χ1v) is 13.8. The molecule has 5 rings (SSSR count). The minimum atomic E-state index is -0.457. The zero-order chi connectivity index (χ0) is 28.1. The maximum absolute atomic E-state index is 16.2. The van der Waals surface area contributed by atoms with Crippen LogP contribution in [0.2, 0.25) is 0 Å². The smallest absolute Gasteiger partial charge is 0.178 e. The number of aromatic amines is 1. The Kier molecular flexibility index (Phi) is 8.15. The van der Waals surface area contributed by atoms with Gasteiger partial charge in [-0.2, -0.15) is 0 Å². The van der Waals surface area contributed by atoms with Crippen LogP contribution < -0.4 is 11.1 Å². The van der Waals surface area contributed by atoms with E-state index in [9.17, 15) is 0 Å². The molecule has 0 atom stereocenters. The maximum atomic E-state index is 16.2. The summed E-state index contributed by atoms with van der Waals surface area (Å²) < 4.78 is 16.2. The van der Waals surface area contributed by atoms with E-state index in [1.807, 2.05) is 60.9 Å². The predicted octanol–water partition coefficient (Wildman–Crippen LogP) is 7.77. The van der Waals surface area contributed by atoms with E-state index in [4.69, 9.17) is 5.73 Å². The Morgan fingerprint density at radius 3 is 2.67 bits per heavy atom. The largest absolute Gasteiger partial charge is 0.398 e. The van der Waals surface area contributed by atoms with Crippen molar-refractivity contribution in [1.29, 1.82) is 0 Å². The number of halogens is 1. The van der Waals surface area contributed by atoms with Crippen LogP contribution in [0.25, 0.3) is 32.8 Å². The number of pyridine rings is 1. The van der Waals surface area contributed by atoms with Crippen molar-refractivity contribution in [2.24, 2.45) is 0 Å². The molecule has 0 amide bonds. The Hall–Kier alpha value is -4.59. The molecule has 0 bridgehead atoms. The summed E-state index contributed by atoms with van der Waals surface area (Å²) in [6, 6.07) is 19.5. The van der Waals surface area contributed by atoms with E-state index < -0.39 is 5.82 Å². The summed E-state index contributed by atoms with van der Waals surface area (Å²) in [6.07, 6.45) is 7.31. The van der Waals surface area contributed by atoms with Crippen LogP contribution >= 0.6 is 11.3 Å². The zero-order valence-corrected chi connectivity index (χ0v) is 23.1. The lowest BCUT2D eigenvalue weighted by atomic mass is 9.95. The highest BCUT2D eigenvalue weighted by Gasteiger charge is 2.21. The van der Waals surface area contributed by atoms with Crippen LogP contribution in [0.15, 0.2) is 109 Å². The summed E-state index contributed by atoms with van der Waals surface area (Å²) in [6.45, 7) is 11.3. The number of hydrogen-bond donors (Lipinski definition) is 3. The van der Waals surface area contributed by atoms with Gasteiger partial charge in [0.2, 0.25) is 0 Å². The minimum absolute atomic E-state index is 0.212. The van der Waals surface area contributed by atoms with Crippen molar-refractivity contribution in [3.05, 3.63) is 138 Å². The zero-order valence-electron chi connectivity index (χ0n) is 22.2. The molecule has 0 unspecified atom stereocenters. The van der Waals surface area contributed by atoms with Crippen molar-refractivity contribution >= 4 is 39.3 Å². The molecule has 3 heterocycles. The van der Waals surface area contributed by atoms with E-state index in [-0.39, 0.29) is 11.3 Å². The highest BCUT2D eigenvalue weighted by Crippen LogP contribution is 2.35. The van der Waals surface area contributed by atoms with Crippen LogP contribution in [0.4, 0.5) is 10.1 Å². The van der Waals surface area contributed by atoms with Crippen molar-refractivity contribution in [2.75, 3.05) is 12.3 Å². The average Bonchev–Trinajstić information content (AvgIpc) is 3.66. The normalized spacial score (nSPS) is 12.2. The summed E-state index contributed by atoms with van der Waals surface area (Å²) >= 11 is 1.63. The molecule has 0 aliphatic heterocycles. The van der Waals surface area contributed by atoms with Crippen molar-refractivity contribution in [2.45, 2.75) is 13.5 Å². The topological polar surface area (TPSA) is 79.6 Å². The van der Waals surface area contributed by atoms with Gasteiger partial charge < -0.3 is 16.0 Å². The number of anilines is 1. The van der Waals surface area contributed by atoms with E-state index in [1.165, 1.54) is 5.56 Å². The number of nitrogen functional groups attached to an aromatic ring is 1. The van der Waals surface area contributed by atoms with Gasteiger partial charge in [-0.05, 0) is 53.3 Å². The molecule has 7 heteroatoms. The van der Waals surface area contributed by atoms with E-state index >= 15 is 4.39 Å². The number of H-pyrrole nitrogens is 1. The molecule has 0 radical (unpaired) electrons. The molecular formula is C33H30FN5S. The van der Waals surface area contributed by atoms with Crippen LogP contribution in [-0.2, 0) is 6.54 Å². The van der Waals surface area contributed by atoms with E-state index in [0.29, 0.717) is 34.7 Å². The van der Waals surface area contributed by atoms with Gasteiger partial charge in [0.25, 0.3) is 0 Å². The molecular weight excluding hydrogens is 517 g/mol. The molecule has 40 heavy (non-hydrogen) atoms. The second kappa shape index (κ2) is 12.1. The highest BCUT2D eigenvalue weighted by molar-refractivity contribution is 7.13. The number of nitrogens with zero attached hydrogens (tertiary/aromatic N) is 2. The lowest BCUT2D eigenvalue weighted by Gasteiger charge is -2.14. The molecule has 0 aliphatic rings. The highest BCUT2D eigenvalue weighted by atomic mass is 32.1. The van der Waals surface area contributed by atoms with Gasteiger partial charge in [0, 0.05) is 52.1 Å². The average molecular weight is 548 g/mol. The first-order valence-electron chi connectivity index (χ1n) is 12.9. The fraction of sp³-hybridized carbons (Fsp3) is 0.0909. The van der Waals surface area contributed by atoms with Crippen LogP contribution in [0.1, 0.15) is 29.4 Å². The number of nitrogens with two attached hydrogens (primary N) is 1. The van der Waals surface area contributed by atoms with Gasteiger partial charge in [0.15, 0.2) is 5.65 Å². The standard InChI is InChI=1S/C33H30FN5S/c1-4-22(19-36-20-23-10-7-6-8-11-23)18-24(5-2)25-13-14-27(35)29(30(25)34)21(3)32-38-31-26(28-12-9-17-40-28)15-16-37-33(31)39-32/h4-18,36H,1,3,19-20,35H2,2H3,(H,37,38,39)/b22-18+,24-5+. The third-order valence-corrected chi connectivity index (χ3v) is 7.57. The first-order chi connectivity index (χ1) is 19.5. The van der Waals surface area contributed by atoms with Gasteiger partial charge in [-0.25, -0.2) is 14.4 Å². The summed E-state index contributed by atoms with van der Waals surface area (Å²) in [5, 5.41) is 5.44. The molecule has 0 aliphatic carbocycles. The van der Waals surface area contributed by atoms with Crippen LogP contribution in [0.5, 0.6) is 0 Å². The predicted molar refractivity (Wildman–Crippen MR) is 166 cm³/mol. The summed E-state index contributed by atoms with van der Waals surface area (Å²) in [5.41, 5.74) is 12.7. The maximum Gasteiger partial charge on any atom is 0.178 e. The summed E-state index contributed by atoms with van der Waals surface area (Å²) in [7, 11) is 0. The number of rotatable bonds is 10. The number of fused-ring (bicyclic) bond motifs is 1. The minimum Gasteiger partial charge on any atom is -0.398 e. The van der Waals surface area contributed by atoms with E-state index in [1.54, 1.807) is 35.7 Å². The van der Waals surface area contributed by atoms with Gasteiger partial charge >= 0.3 is 0 Å². The fourth-order valence-corrected chi connectivity index (χ4v) is 5.33. The Balaban J connectivity index is 1.44. The first kappa shape index (κ1) is 27.0. The van der Waals surface area contributed by atoms with Gasteiger partial charge in [-0.15, -0.1) is 11.3 Å². The number of nitrogens with one attached hydrogen (secondary N) is 2. The second-order valence-electron chi connectivity index (χ2n) is 9.25. The van der Waals surface area contributed by atoms with Crippen LogP contribution in [-0.4, -0.2) is 21.5 Å². The molecule has 0 saturated carbocycles. The van der Waals surface area contributed by atoms with Crippen molar-refractivity contribution in [3.63, 3.8) is 0 Å². The molecule has 0 spiro atoms. The van der Waals surface area contributed by atoms with Crippen molar-refractivity contribution < 1.29 is 4.39 Å². The molecule has 3 aromatic heterocycles. The lowest BCUT2D eigenvalue weighted by Crippen LogP contribution is -2.16. The SMILES string of the molecule is C=C/C(=C\C(=C/C)c1ccc(N)c(C(=C)c2nc3nccc(-c4cccs4)c3[nH]2)c1F)CNCc1ccccc1.